The Morgan fingerprint density at radius 2 is 1.86 bits per heavy atom. The van der Waals surface area contributed by atoms with E-state index in [0.717, 1.165) is 13.0 Å². The molecule has 14 heavy (non-hydrogen) atoms. The van der Waals surface area contributed by atoms with Crippen LogP contribution in [0.15, 0.2) is 11.6 Å². The molecule has 84 valence electrons. The molecule has 0 aliphatic heterocycles. The summed E-state index contributed by atoms with van der Waals surface area (Å²) in [6.45, 7) is 12.1. The molecule has 0 bridgehead atoms. The average Bonchev–Trinajstić information content (AvgIpc) is 2.03. The van der Waals surface area contributed by atoms with Gasteiger partial charge in [-0.25, -0.2) is 0 Å². The van der Waals surface area contributed by atoms with E-state index >= 15 is 0 Å². The Labute approximate surface area is 89.6 Å². The molecule has 0 spiro atoms. The standard InChI is InChI=1S/C11H24O2Si/c1-6-7-9-12-14(4,5)13-10-8-11(2)3/h8H,6-7,9-10H2,1-5H3. The molecule has 0 aliphatic carbocycles. The van der Waals surface area contributed by atoms with Crippen molar-refractivity contribution < 1.29 is 8.85 Å². The van der Waals surface area contributed by atoms with Gasteiger partial charge in [0, 0.05) is 6.61 Å². The zero-order valence-electron chi connectivity index (χ0n) is 10.2. The van der Waals surface area contributed by atoms with E-state index in [1.807, 2.05) is 0 Å². The first kappa shape index (κ1) is 13.9. The van der Waals surface area contributed by atoms with Crippen molar-refractivity contribution in [3.63, 3.8) is 0 Å². The van der Waals surface area contributed by atoms with Crippen molar-refractivity contribution in [3.05, 3.63) is 11.6 Å². The summed E-state index contributed by atoms with van der Waals surface area (Å²) in [6.07, 6.45) is 4.40. The summed E-state index contributed by atoms with van der Waals surface area (Å²) in [5.74, 6) is 0. The van der Waals surface area contributed by atoms with E-state index in [1.54, 1.807) is 0 Å². The third-order valence-corrected chi connectivity index (χ3v) is 3.63. The Hall–Kier alpha value is -0.123. The maximum Gasteiger partial charge on any atom is 0.331 e. The van der Waals surface area contributed by atoms with Gasteiger partial charge in [0.15, 0.2) is 0 Å². The molecular formula is C11H24O2Si. The van der Waals surface area contributed by atoms with Crippen molar-refractivity contribution in [3.8, 4) is 0 Å². The van der Waals surface area contributed by atoms with Gasteiger partial charge in [0.25, 0.3) is 0 Å². The molecule has 2 nitrogen and oxygen atoms in total. The average molecular weight is 216 g/mol. The SMILES string of the molecule is CCCCO[Si](C)(C)OCC=C(C)C. The van der Waals surface area contributed by atoms with E-state index in [4.69, 9.17) is 8.85 Å². The van der Waals surface area contributed by atoms with Gasteiger partial charge in [-0.1, -0.05) is 25.0 Å². The Balaban J connectivity index is 3.66. The molecule has 0 amide bonds. The molecule has 0 saturated heterocycles. The van der Waals surface area contributed by atoms with E-state index in [0.29, 0.717) is 6.61 Å². The summed E-state index contributed by atoms with van der Waals surface area (Å²) < 4.78 is 11.5. The van der Waals surface area contributed by atoms with Crippen molar-refractivity contribution in [1.82, 2.24) is 0 Å². The van der Waals surface area contributed by atoms with Gasteiger partial charge >= 0.3 is 8.56 Å². The first-order chi connectivity index (χ1) is 6.48. The lowest BCUT2D eigenvalue weighted by Crippen LogP contribution is -2.35. The quantitative estimate of drug-likeness (QED) is 0.368. The van der Waals surface area contributed by atoms with Crippen LogP contribution in [0, 0.1) is 0 Å². The zero-order chi connectivity index (χ0) is 11.0. The summed E-state index contributed by atoms with van der Waals surface area (Å²) >= 11 is 0. The first-order valence-corrected chi connectivity index (χ1v) is 8.21. The number of rotatable bonds is 7. The Kier molecular flexibility index (Phi) is 7.14. The van der Waals surface area contributed by atoms with Crippen molar-refractivity contribution in [2.24, 2.45) is 0 Å². The van der Waals surface area contributed by atoms with E-state index in [2.05, 4.69) is 39.9 Å². The van der Waals surface area contributed by atoms with Crippen LogP contribution >= 0.6 is 0 Å². The smallest absolute Gasteiger partial charge is 0.331 e. The van der Waals surface area contributed by atoms with Gasteiger partial charge in [-0.05, 0) is 33.4 Å². The third-order valence-electron chi connectivity index (χ3n) is 1.87. The van der Waals surface area contributed by atoms with Crippen molar-refractivity contribution in [2.75, 3.05) is 13.2 Å². The zero-order valence-corrected chi connectivity index (χ0v) is 11.2. The predicted octanol–water partition coefficient (Wildman–Crippen LogP) is 3.49. The van der Waals surface area contributed by atoms with Gasteiger partial charge in [-0.2, -0.15) is 0 Å². The Morgan fingerprint density at radius 3 is 2.36 bits per heavy atom. The van der Waals surface area contributed by atoms with Crippen LogP contribution in [0.2, 0.25) is 13.1 Å². The van der Waals surface area contributed by atoms with Crippen LogP contribution in [-0.4, -0.2) is 21.8 Å². The number of unbranched alkanes of at least 4 members (excludes halogenated alkanes) is 1. The summed E-state index contributed by atoms with van der Waals surface area (Å²) in [5, 5.41) is 0. The van der Waals surface area contributed by atoms with Crippen LogP contribution in [0.1, 0.15) is 33.6 Å². The topological polar surface area (TPSA) is 18.5 Å². The predicted molar refractivity (Wildman–Crippen MR) is 63.7 cm³/mol. The van der Waals surface area contributed by atoms with Crippen LogP contribution in [0.5, 0.6) is 0 Å². The lowest BCUT2D eigenvalue weighted by Gasteiger charge is -2.21. The minimum Gasteiger partial charge on any atom is -0.395 e. The molecule has 0 aliphatic rings. The third kappa shape index (κ3) is 8.47. The fourth-order valence-electron chi connectivity index (χ4n) is 0.913. The summed E-state index contributed by atoms with van der Waals surface area (Å²) in [7, 11) is -1.85. The van der Waals surface area contributed by atoms with Gasteiger partial charge in [0.1, 0.15) is 0 Å². The van der Waals surface area contributed by atoms with E-state index in [-0.39, 0.29) is 0 Å². The number of hydrogen-bond acceptors (Lipinski definition) is 2. The van der Waals surface area contributed by atoms with Gasteiger partial charge < -0.3 is 8.85 Å². The normalized spacial score (nSPS) is 11.5. The van der Waals surface area contributed by atoms with Crippen LogP contribution < -0.4 is 0 Å². The fraction of sp³-hybridized carbons (Fsp3) is 0.818. The van der Waals surface area contributed by atoms with Crippen molar-refractivity contribution in [2.45, 2.75) is 46.7 Å². The summed E-state index contributed by atoms with van der Waals surface area (Å²) in [6, 6.07) is 0. The first-order valence-electron chi connectivity index (χ1n) is 5.39. The van der Waals surface area contributed by atoms with Crippen LogP contribution in [-0.2, 0) is 8.85 Å². The van der Waals surface area contributed by atoms with Crippen molar-refractivity contribution >= 4 is 8.56 Å². The second-order valence-corrected chi connectivity index (χ2v) is 7.57. The monoisotopic (exact) mass is 216 g/mol. The van der Waals surface area contributed by atoms with Gasteiger partial charge in [-0.15, -0.1) is 0 Å². The summed E-state index contributed by atoms with van der Waals surface area (Å²) in [5.41, 5.74) is 1.29. The molecule has 0 N–H and O–H groups in total. The molecular weight excluding hydrogens is 192 g/mol. The largest absolute Gasteiger partial charge is 0.395 e. The highest BCUT2D eigenvalue weighted by Gasteiger charge is 2.23. The molecule has 0 atom stereocenters. The highest BCUT2D eigenvalue weighted by molar-refractivity contribution is 6.64. The van der Waals surface area contributed by atoms with Crippen molar-refractivity contribution in [1.29, 1.82) is 0 Å². The van der Waals surface area contributed by atoms with E-state index < -0.39 is 8.56 Å². The molecule has 0 rings (SSSR count). The molecule has 0 aromatic heterocycles. The molecule has 3 heteroatoms. The molecule has 0 aromatic carbocycles. The lowest BCUT2D eigenvalue weighted by molar-refractivity contribution is 0.192. The minimum atomic E-state index is -1.85. The maximum absolute atomic E-state index is 5.74. The van der Waals surface area contributed by atoms with Crippen LogP contribution in [0.4, 0.5) is 0 Å². The fourth-order valence-corrected chi connectivity index (χ4v) is 2.12. The number of allylic oxidation sites excluding steroid dienone is 1. The Bertz CT molecular complexity index is 172. The second-order valence-electron chi connectivity index (χ2n) is 4.19. The second kappa shape index (κ2) is 7.21. The lowest BCUT2D eigenvalue weighted by atomic mass is 10.3. The van der Waals surface area contributed by atoms with E-state index in [9.17, 15) is 0 Å². The molecule has 0 radical (unpaired) electrons. The maximum atomic E-state index is 5.74. The Morgan fingerprint density at radius 1 is 1.21 bits per heavy atom. The number of hydrogen-bond donors (Lipinski definition) is 0. The van der Waals surface area contributed by atoms with Gasteiger partial charge in [0.05, 0.1) is 6.61 Å². The van der Waals surface area contributed by atoms with Crippen LogP contribution in [0.3, 0.4) is 0 Å². The van der Waals surface area contributed by atoms with E-state index in [1.165, 1.54) is 12.0 Å². The highest BCUT2D eigenvalue weighted by Crippen LogP contribution is 2.08. The van der Waals surface area contributed by atoms with Gasteiger partial charge in [-0.3, -0.25) is 0 Å². The molecule has 0 unspecified atom stereocenters. The molecule has 0 fully saturated rings. The molecule has 0 heterocycles. The molecule has 0 saturated carbocycles. The summed E-state index contributed by atoms with van der Waals surface area (Å²) in [4.78, 5) is 0. The van der Waals surface area contributed by atoms with Gasteiger partial charge in [0.2, 0.25) is 0 Å². The minimum absolute atomic E-state index is 0.688. The molecule has 0 aromatic rings. The highest BCUT2D eigenvalue weighted by atomic mass is 28.4. The van der Waals surface area contributed by atoms with Crippen LogP contribution in [0.25, 0.3) is 0 Å².